The van der Waals surface area contributed by atoms with Crippen molar-refractivity contribution in [2.24, 2.45) is 0 Å². The monoisotopic (exact) mass is 215 g/mol. The molecule has 4 nitrogen and oxygen atoms in total. The molecule has 0 bridgehead atoms. The van der Waals surface area contributed by atoms with E-state index in [1.54, 1.807) is 7.11 Å². The van der Waals surface area contributed by atoms with Gasteiger partial charge in [-0.15, -0.1) is 0 Å². The first-order chi connectivity index (χ1) is 7.22. The van der Waals surface area contributed by atoms with Gasteiger partial charge < -0.3 is 19.9 Å². The Balaban J connectivity index is 1.96. The van der Waals surface area contributed by atoms with Crippen LogP contribution in [0.4, 0.5) is 0 Å². The molecule has 1 atom stereocenters. The minimum absolute atomic E-state index is 0.700. The van der Waals surface area contributed by atoms with Gasteiger partial charge in [0.15, 0.2) is 0 Å². The van der Waals surface area contributed by atoms with Crippen LogP contribution in [0, 0.1) is 0 Å². The van der Waals surface area contributed by atoms with Crippen LogP contribution in [0.5, 0.6) is 0 Å². The van der Waals surface area contributed by atoms with E-state index in [0.29, 0.717) is 6.04 Å². The molecular formula is C11H25N3O. The van der Waals surface area contributed by atoms with Crippen molar-refractivity contribution in [2.75, 3.05) is 60.5 Å². The van der Waals surface area contributed by atoms with Crippen LogP contribution in [-0.2, 0) is 4.74 Å². The van der Waals surface area contributed by atoms with Gasteiger partial charge in [-0.1, -0.05) is 0 Å². The Morgan fingerprint density at radius 1 is 1.47 bits per heavy atom. The molecule has 0 saturated carbocycles. The molecular weight excluding hydrogens is 190 g/mol. The molecule has 1 rings (SSSR count). The van der Waals surface area contributed by atoms with Crippen molar-refractivity contribution in [3.05, 3.63) is 0 Å². The van der Waals surface area contributed by atoms with E-state index in [1.807, 2.05) is 0 Å². The van der Waals surface area contributed by atoms with E-state index in [9.17, 15) is 0 Å². The molecule has 0 aromatic heterocycles. The fourth-order valence-corrected chi connectivity index (χ4v) is 1.92. The third-order valence-corrected chi connectivity index (χ3v) is 3.00. The van der Waals surface area contributed by atoms with Crippen LogP contribution >= 0.6 is 0 Å². The summed E-state index contributed by atoms with van der Waals surface area (Å²) in [6.07, 6.45) is 1.29. The van der Waals surface area contributed by atoms with Gasteiger partial charge in [0.1, 0.15) is 0 Å². The van der Waals surface area contributed by atoms with Gasteiger partial charge in [0.25, 0.3) is 0 Å². The van der Waals surface area contributed by atoms with Crippen LogP contribution in [0.1, 0.15) is 6.42 Å². The van der Waals surface area contributed by atoms with E-state index in [4.69, 9.17) is 4.74 Å². The van der Waals surface area contributed by atoms with Gasteiger partial charge in [-0.3, -0.25) is 0 Å². The van der Waals surface area contributed by atoms with Crippen LogP contribution in [0.2, 0.25) is 0 Å². The van der Waals surface area contributed by atoms with E-state index < -0.39 is 0 Å². The van der Waals surface area contributed by atoms with Crippen LogP contribution in [-0.4, -0.2) is 76.4 Å². The summed E-state index contributed by atoms with van der Waals surface area (Å²) in [5.74, 6) is 0. The molecule has 0 radical (unpaired) electrons. The second-order valence-electron chi connectivity index (χ2n) is 4.50. The van der Waals surface area contributed by atoms with Gasteiger partial charge in [0.2, 0.25) is 0 Å². The van der Waals surface area contributed by atoms with E-state index in [-0.39, 0.29) is 0 Å². The van der Waals surface area contributed by atoms with E-state index in [2.05, 4.69) is 29.2 Å². The van der Waals surface area contributed by atoms with Gasteiger partial charge >= 0.3 is 0 Å². The molecule has 0 amide bonds. The number of methoxy groups -OCH3 is 1. The third kappa shape index (κ3) is 5.47. The number of hydrogen-bond acceptors (Lipinski definition) is 4. The lowest BCUT2D eigenvalue weighted by Crippen LogP contribution is -2.37. The zero-order chi connectivity index (χ0) is 11.1. The lowest BCUT2D eigenvalue weighted by atomic mass is 10.2. The molecule has 1 aliphatic rings. The number of hydrogen-bond donors (Lipinski definition) is 1. The summed E-state index contributed by atoms with van der Waals surface area (Å²) in [7, 11) is 6.08. The van der Waals surface area contributed by atoms with Gasteiger partial charge in [-0.2, -0.15) is 0 Å². The zero-order valence-electron chi connectivity index (χ0n) is 10.3. The molecule has 0 aromatic rings. The molecule has 1 aliphatic heterocycles. The summed E-state index contributed by atoms with van der Waals surface area (Å²) in [6, 6.07) is 0.700. The summed E-state index contributed by atoms with van der Waals surface area (Å²) < 4.78 is 5.04. The number of nitrogens with zero attached hydrogens (tertiary/aromatic N) is 2. The molecule has 1 unspecified atom stereocenters. The number of ether oxygens (including phenoxy) is 1. The van der Waals surface area contributed by atoms with E-state index in [0.717, 1.165) is 26.2 Å². The second kappa shape index (κ2) is 7.17. The molecule has 1 fully saturated rings. The highest BCUT2D eigenvalue weighted by molar-refractivity contribution is 4.78. The standard InChI is InChI=1S/C11H25N3O/c1-13(8-9-15-3)7-5-12-11-4-6-14(2)10-11/h11-12H,4-10H2,1-3H3. The number of nitrogens with one attached hydrogen (secondary N) is 1. The normalized spacial score (nSPS) is 22.8. The highest BCUT2D eigenvalue weighted by atomic mass is 16.5. The number of likely N-dealkylation sites (N-methyl/N-ethyl adjacent to an activating group) is 2. The maximum atomic E-state index is 5.04. The predicted molar refractivity (Wildman–Crippen MR) is 63.3 cm³/mol. The van der Waals surface area contributed by atoms with Crippen molar-refractivity contribution in [3.63, 3.8) is 0 Å². The number of rotatable bonds is 7. The highest BCUT2D eigenvalue weighted by Gasteiger charge is 2.18. The Labute approximate surface area is 93.6 Å². The van der Waals surface area contributed by atoms with Crippen molar-refractivity contribution in [1.82, 2.24) is 15.1 Å². The predicted octanol–water partition coefficient (Wildman–Crippen LogP) is -0.142. The first-order valence-electron chi connectivity index (χ1n) is 5.81. The van der Waals surface area contributed by atoms with Crippen molar-refractivity contribution in [1.29, 1.82) is 0 Å². The fraction of sp³-hybridized carbons (Fsp3) is 1.00. The highest BCUT2D eigenvalue weighted by Crippen LogP contribution is 2.05. The zero-order valence-corrected chi connectivity index (χ0v) is 10.3. The van der Waals surface area contributed by atoms with Crippen molar-refractivity contribution in [2.45, 2.75) is 12.5 Å². The second-order valence-corrected chi connectivity index (χ2v) is 4.50. The summed E-state index contributed by atoms with van der Waals surface area (Å²) in [5.41, 5.74) is 0. The molecule has 0 aliphatic carbocycles. The average molecular weight is 215 g/mol. The molecule has 15 heavy (non-hydrogen) atoms. The van der Waals surface area contributed by atoms with Crippen LogP contribution in [0.25, 0.3) is 0 Å². The Bertz CT molecular complexity index is 166. The number of likely N-dealkylation sites (tertiary alicyclic amines) is 1. The van der Waals surface area contributed by atoms with Gasteiger partial charge in [0, 0.05) is 39.3 Å². The average Bonchev–Trinajstić information content (AvgIpc) is 2.61. The summed E-state index contributed by atoms with van der Waals surface area (Å²) in [5, 5.41) is 3.60. The quantitative estimate of drug-likeness (QED) is 0.640. The Morgan fingerprint density at radius 3 is 2.87 bits per heavy atom. The van der Waals surface area contributed by atoms with Crippen LogP contribution < -0.4 is 5.32 Å². The topological polar surface area (TPSA) is 27.7 Å². The molecule has 1 N–H and O–H groups in total. The molecule has 1 saturated heterocycles. The maximum absolute atomic E-state index is 5.04. The molecule has 0 aromatic carbocycles. The van der Waals surface area contributed by atoms with Crippen molar-refractivity contribution >= 4 is 0 Å². The summed E-state index contributed by atoms with van der Waals surface area (Å²) >= 11 is 0. The molecule has 4 heteroatoms. The summed E-state index contributed by atoms with van der Waals surface area (Å²) in [4.78, 5) is 4.68. The Hall–Kier alpha value is -0.160. The minimum atomic E-state index is 0.700. The van der Waals surface area contributed by atoms with Crippen LogP contribution in [0.15, 0.2) is 0 Å². The molecule has 1 heterocycles. The smallest absolute Gasteiger partial charge is 0.0589 e. The lowest BCUT2D eigenvalue weighted by Gasteiger charge is -2.18. The third-order valence-electron chi connectivity index (χ3n) is 3.00. The molecule has 90 valence electrons. The van der Waals surface area contributed by atoms with Crippen molar-refractivity contribution in [3.8, 4) is 0 Å². The fourth-order valence-electron chi connectivity index (χ4n) is 1.92. The lowest BCUT2D eigenvalue weighted by molar-refractivity contribution is 0.161. The van der Waals surface area contributed by atoms with Gasteiger partial charge in [-0.05, 0) is 27.1 Å². The maximum Gasteiger partial charge on any atom is 0.0589 e. The Morgan fingerprint density at radius 2 is 2.27 bits per heavy atom. The van der Waals surface area contributed by atoms with Crippen LogP contribution in [0.3, 0.4) is 0 Å². The largest absolute Gasteiger partial charge is 0.383 e. The minimum Gasteiger partial charge on any atom is -0.383 e. The first kappa shape index (κ1) is 12.9. The van der Waals surface area contributed by atoms with E-state index >= 15 is 0 Å². The molecule has 0 spiro atoms. The van der Waals surface area contributed by atoms with E-state index in [1.165, 1.54) is 19.5 Å². The summed E-state index contributed by atoms with van der Waals surface area (Å²) in [6.45, 7) is 6.45. The van der Waals surface area contributed by atoms with Gasteiger partial charge in [0.05, 0.1) is 6.61 Å². The van der Waals surface area contributed by atoms with Crippen molar-refractivity contribution < 1.29 is 4.74 Å². The first-order valence-corrected chi connectivity index (χ1v) is 5.81. The van der Waals surface area contributed by atoms with Gasteiger partial charge in [-0.25, -0.2) is 0 Å². The Kier molecular flexibility index (Phi) is 6.17. The SMILES string of the molecule is COCCN(C)CCNC1CCN(C)C1.